The monoisotopic (exact) mass is 439 g/mol. The van der Waals surface area contributed by atoms with E-state index in [-0.39, 0.29) is 23.8 Å². The van der Waals surface area contributed by atoms with Crippen LogP contribution in [0.5, 0.6) is 5.75 Å². The lowest BCUT2D eigenvalue weighted by Gasteiger charge is -2.42. The summed E-state index contributed by atoms with van der Waals surface area (Å²) in [5.41, 5.74) is 0.856. The van der Waals surface area contributed by atoms with Crippen LogP contribution in [0.2, 0.25) is 0 Å². The standard InChI is InChI=1S/C24H33N5O3/c1-27-15-16-32-21-9-5-4-8-20(21)7-3-2-6-10-24(23(27)31)11-13-28(14-12-24)22(30)17-29-19-25-18-26-29/h4-5,8-9,18-19H,2-3,6-7,10-17H2,1H3. The van der Waals surface area contributed by atoms with Crippen molar-refractivity contribution in [2.45, 2.75) is 51.5 Å². The summed E-state index contributed by atoms with van der Waals surface area (Å²) in [6.45, 7) is 2.45. The van der Waals surface area contributed by atoms with E-state index in [1.165, 1.54) is 11.9 Å². The molecule has 0 aliphatic carbocycles. The zero-order chi connectivity index (χ0) is 22.4. The lowest BCUT2D eigenvalue weighted by molar-refractivity contribution is -0.148. The van der Waals surface area contributed by atoms with Crippen molar-refractivity contribution in [3.8, 4) is 5.75 Å². The van der Waals surface area contributed by atoms with Crippen molar-refractivity contribution in [3.63, 3.8) is 0 Å². The predicted octanol–water partition coefficient (Wildman–Crippen LogP) is 2.54. The van der Waals surface area contributed by atoms with E-state index in [1.807, 2.05) is 29.0 Å². The highest BCUT2D eigenvalue weighted by molar-refractivity contribution is 5.83. The minimum absolute atomic E-state index is 0.0296. The summed E-state index contributed by atoms with van der Waals surface area (Å²) in [7, 11) is 1.88. The second-order valence-corrected chi connectivity index (χ2v) is 9.00. The molecule has 0 N–H and O–H groups in total. The highest BCUT2D eigenvalue weighted by Crippen LogP contribution is 2.39. The summed E-state index contributed by atoms with van der Waals surface area (Å²) in [5, 5.41) is 4.02. The van der Waals surface area contributed by atoms with Gasteiger partial charge in [-0.2, -0.15) is 5.10 Å². The molecule has 0 unspecified atom stereocenters. The van der Waals surface area contributed by atoms with Gasteiger partial charge in [-0.1, -0.05) is 31.0 Å². The maximum atomic E-state index is 13.5. The van der Waals surface area contributed by atoms with Gasteiger partial charge in [0, 0.05) is 20.1 Å². The molecule has 2 aliphatic rings. The fourth-order valence-electron chi connectivity index (χ4n) is 4.91. The third-order valence-corrected chi connectivity index (χ3v) is 6.90. The molecule has 2 aliphatic heterocycles. The van der Waals surface area contributed by atoms with Gasteiger partial charge in [-0.3, -0.25) is 9.59 Å². The van der Waals surface area contributed by atoms with Crippen LogP contribution < -0.4 is 4.74 Å². The Bertz CT molecular complexity index is 906. The average molecular weight is 440 g/mol. The minimum atomic E-state index is -0.389. The van der Waals surface area contributed by atoms with Crippen molar-refractivity contribution in [2.24, 2.45) is 5.41 Å². The number of hydrogen-bond donors (Lipinski definition) is 0. The Hall–Kier alpha value is -2.90. The van der Waals surface area contributed by atoms with E-state index in [1.54, 1.807) is 11.0 Å². The first-order valence-corrected chi connectivity index (χ1v) is 11.6. The zero-order valence-corrected chi connectivity index (χ0v) is 18.9. The molecule has 8 heteroatoms. The molecule has 8 nitrogen and oxygen atoms in total. The molecule has 4 rings (SSSR count). The number of hydrogen-bond acceptors (Lipinski definition) is 5. The number of carbonyl (C=O) groups is 2. The first-order valence-electron chi connectivity index (χ1n) is 11.6. The van der Waals surface area contributed by atoms with Crippen molar-refractivity contribution in [1.82, 2.24) is 24.6 Å². The molecular formula is C24H33N5O3. The van der Waals surface area contributed by atoms with E-state index in [4.69, 9.17) is 4.74 Å². The molecule has 1 aromatic heterocycles. The first-order chi connectivity index (χ1) is 15.6. The summed E-state index contributed by atoms with van der Waals surface area (Å²) in [4.78, 5) is 33.8. The molecule has 2 amide bonds. The SMILES string of the molecule is CN1CCOc2ccccc2CCCCCC2(CCN(C(=O)Cn3cncn3)CC2)C1=O. The molecule has 2 aromatic rings. The molecule has 0 saturated carbocycles. The highest BCUT2D eigenvalue weighted by atomic mass is 16.5. The van der Waals surface area contributed by atoms with E-state index >= 15 is 0 Å². The molecule has 3 heterocycles. The van der Waals surface area contributed by atoms with Crippen LogP contribution in [0.1, 0.15) is 44.1 Å². The van der Waals surface area contributed by atoms with Crippen LogP contribution in [0.15, 0.2) is 36.9 Å². The molecule has 1 fully saturated rings. The van der Waals surface area contributed by atoms with Crippen LogP contribution in [0.3, 0.4) is 0 Å². The smallest absolute Gasteiger partial charge is 0.244 e. The Kier molecular flexibility index (Phi) is 7.07. The largest absolute Gasteiger partial charge is 0.491 e. The lowest BCUT2D eigenvalue weighted by Crippen LogP contribution is -2.51. The Morgan fingerprint density at radius 3 is 2.69 bits per heavy atom. The molecule has 0 bridgehead atoms. The van der Waals surface area contributed by atoms with Crippen LogP contribution in [-0.4, -0.2) is 69.7 Å². The van der Waals surface area contributed by atoms with Gasteiger partial charge in [0.1, 0.15) is 31.6 Å². The van der Waals surface area contributed by atoms with Gasteiger partial charge in [-0.25, -0.2) is 9.67 Å². The fourth-order valence-corrected chi connectivity index (χ4v) is 4.91. The van der Waals surface area contributed by atoms with Crippen molar-refractivity contribution in [2.75, 3.05) is 33.3 Å². The van der Waals surface area contributed by atoms with Gasteiger partial charge in [0.15, 0.2) is 0 Å². The maximum Gasteiger partial charge on any atom is 0.244 e. The predicted molar refractivity (Wildman–Crippen MR) is 120 cm³/mol. The van der Waals surface area contributed by atoms with Crippen LogP contribution in [0, 0.1) is 5.41 Å². The van der Waals surface area contributed by atoms with E-state index in [0.717, 1.165) is 37.9 Å². The molecule has 1 spiro atoms. The zero-order valence-electron chi connectivity index (χ0n) is 18.9. The number of carbonyl (C=O) groups excluding carboxylic acids is 2. The van der Waals surface area contributed by atoms with Gasteiger partial charge in [-0.05, 0) is 43.7 Å². The van der Waals surface area contributed by atoms with E-state index < -0.39 is 0 Å². The molecule has 0 radical (unpaired) electrons. The number of benzene rings is 1. The second kappa shape index (κ2) is 10.1. The third kappa shape index (κ3) is 5.11. The number of likely N-dealkylation sites (tertiary alicyclic amines) is 1. The second-order valence-electron chi connectivity index (χ2n) is 9.00. The average Bonchev–Trinajstić information content (AvgIpc) is 3.32. The van der Waals surface area contributed by atoms with Crippen LogP contribution in [0.4, 0.5) is 0 Å². The first kappa shape index (κ1) is 22.3. The topological polar surface area (TPSA) is 80.6 Å². The number of nitrogens with zero attached hydrogens (tertiary/aromatic N) is 5. The Morgan fingerprint density at radius 1 is 1.09 bits per heavy atom. The summed E-state index contributed by atoms with van der Waals surface area (Å²) < 4.78 is 7.58. The maximum absolute atomic E-state index is 13.5. The van der Waals surface area contributed by atoms with Gasteiger partial charge in [0.25, 0.3) is 0 Å². The van der Waals surface area contributed by atoms with Gasteiger partial charge in [-0.15, -0.1) is 0 Å². The Labute approximate surface area is 189 Å². The summed E-state index contributed by atoms with van der Waals surface area (Å²) >= 11 is 0. The Balaban J connectivity index is 1.41. The normalized spacial score (nSPS) is 20.0. The van der Waals surface area contributed by atoms with Crippen molar-refractivity contribution < 1.29 is 14.3 Å². The number of rotatable bonds is 2. The molecule has 1 saturated heterocycles. The summed E-state index contributed by atoms with van der Waals surface area (Å²) in [6.07, 6.45) is 9.47. The summed E-state index contributed by atoms with van der Waals surface area (Å²) in [6, 6.07) is 8.21. The number of aryl methyl sites for hydroxylation is 1. The molecule has 1 aromatic carbocycles. The molecule has 0 atom stereocenters. The number of para-hydroxylation sites is 1. The van der Waals surface area contributed by atoms with Crippen LogP contribution >= 0.6 is 0 Å². The van der Waals surface area contributed by atoms with E-state index in [9.17, 15) is 9.59 Å². The van der Waals surface area contributed by atoms with E-state index in [0.29, 0.717) is 39.1 Å². The van der Waals surface area contributed by atoms with Gasteiger partial charge in [0.2, 0.25) is 11.8 Å². The number of aromatic nitrogens is 3. The summed E-state index contributed by atoms with van der Waals surface area (Å²) in [5.74, 6) is 1.15. The van der Waals surface area contributed by atoms with Gasteiger partial charge >= 0.3 is 0 Å². The molecule has 32 heavy (non-hydrogen) atoms. The highest BCUT2D eigenvalue weighted by Gasteiger charge is 2.43. The Morgan fingerprint density at radius 2 is 1.91 bits per heavy atom. The van der Waals surface area contributed by atoms with Crippen molar-refractivity contribution >= 4 is 11.8 Å². The van der Waals surface area contributed by atoms with Crippen LogP contribution in [-0.2, 0) is 22.6 Å². The fraction of sp³-hybridized carbons (Fsp3) is 0.583. The van der Waals surface area contributed by atoms with Crippen LogP contribution in [0.25, 0.3) is 0 Å². The lowest BCUT2D eigenvalue weighted by atomic mass is 9.73. The number of fused-ring (bicyclic) bond motifs is 1. The minimum Gasteiger partial charge on any atom is -0.491 e. The third-order valence-electron chi connectivity index (χ3n) is 6.90. The molecule has 172 valence electrons. The quantitative estimate of drug-likeness (QED) is 0.718. The number of ether oxygens (including phenoxy) is 1. The van der Waals surface area contributed by atoms with Gasteiger partial charge < -0.3 is 14.5 Å². The van der Waals surface area contributed by atoms with E-state index in [2.05, 4.69) is 22.2 Å². The number of piperidine rings is 1. The van der Waals surface area contributed by atoms with Crippen molar-refractivity contribution in [1.29, 1.82) is 0 Å². The van der Waals surface area contributed by atoms with Crippen molar-refractivity contribution in [3.05, 3.63) is 42.5 Å². The number of amides is 2. The molecular weight excluding hydrogens is 406 g/mol. The van der Waals surface area contributed by atoms with Gasteiger partial charge in [0.05, 0.1) is 12.0 Å². The number of likely N-dealkylation sites (N-methyl/N-ethyl adjacent to an activating group) is 1.